The molecule has 1 atom stereocenters. The quantitative estimate of drug-likeness (QED) is 0.698. The summed E-state index contributed by atoms with van der Waals surface area (Å²) >= 11 is 0. The lowest BCUT2D eigenvalue weighted by Gasteiger charge is -2.30. The second kappa shape index (κ2) is 10.6. The van der Waals surface area contributed by atoms with Gasteiger partial charge in [-0.15, -0.1) is 0 Å². The molecule has 0 radical (unpaired) electrons. The molecule has 2 aliphatic heterocycles. The third-order valence-corrected chi connectivity index (χ3v) is 7.36. The number of piperidine rings is 1. The Morgan fingerprint density at radius 1 is 0.875 bits per heavy atom. The van der Waals surface area contributed by atoms with Crippen molar-refractivity contribution in [1.82, 2.24) is 15.5 Å². The zero-order valence-corrected chi connectivity index (χ0v) is 19.3. The molecule has 2 N–H and O–H groups in total. The fourth-order valence-corrected chi connectivity index (χ4v) is 5.58. The van der Waals surface area contributed by atoms with Crippen LogP contribution in [0.25, 0.3) is 0 Å². The van der Waals surface area contributed by atoms with E-state index < -0.39 is 6.04 Å². The molecule has 1 aromatic rings. The highest BCUT2D eigenvalue weighted by Crippen LogP contribution is 2.28. The molecule has 174 valence electrons. The van der Waals surface area contributed by atoms with Gasteiger partial charge in [-0.2, -0.15) is 0 Å². The van der Waals surface area contributed by atoms with E-state index in [1.807, 2.05) is 19.1 Å². The molecule has 1 aromatic carbocycles. The van der Waals surface area contributed by atoms with Crippen molar-refractivity contribution < 1.29 is 14.4 Å². The van der Waals surface area contributed by atoms with Gasteiger partial charge in [-0.05, 0) is 50.7 Å². The SMILES string of the molecule is C1CCC(NC2CCCCC2)CC1.Cc1ccc2c(c1)CN(C1CCC(=O)NC1=O)C2=O. The highest BCUT2D eigenvalue weighted by atomic mass is 16.2. The zero-order valence-electron chi connectivity index (χ0n) is 19.3. The van der Waals surface area contributed by atoms with Gasteiger partial charge in [0.1, 0.15) is 6.04 Å². The van der Waals surface area contributed by atoms with E-state index in [1.165, 1.54) is 64.2 Å². The van der Waals surface area contributed by atoms with Crippen LogP contribution in [-0.4, -0.2) is 40.7 Å². The van der Waals surface area contributed by atoms with Crippen molar-refractivity contribution in [3.8, 4) is 0 Å². The molecule has 3 amide bonds. The van der Waals surface area contributed by atoms with Crippen LogP contribution in [0.3, 0.4) is 0 Å². The molecule has 3 fully saturated rings. The van der Waals surface area contributed by atoms with E-state index in [0.717, 1.165) is 23.2 Å². The van der Waals surface area contributed by atoms with Crippen LogP contribution in [0.15, 0.2) is 18.2 Å². The van der Waals surface area contributed by atoms with Crippen molar-refractivity contribution in [2.75, 3.05) is 0 Å². The average Bonchev–Trinajstić information content (AvgIpc) is 3.11. The van der Waals surface area contributed by atoms with Gasteiger partial charge in [-0.3, -0.25) is 19.7 Å². The Kier molecular flexibility index (Phi) is 7.61. The van der Waals surface area contributed by atoms with Crippen LogP contribution in [0.2, 0.25) is 0 Å². The Hall–Kier alpha value is -2.21. The Bertz CT molecular complexity index is 825. The number of imide groups is 1. The fraction of sp³-hybridized carbons (Fsp3) is 0.654. The lowest BCUT2D eigenvalue weighted by atomic mass is 9.91. The number of nitrogens with zero attached hydrogens (tertiary/aromatic N) is 1. The monoisotopic (exact) mass is 439 g/mol. The van der Waals surface area contributed by atoms with Gasteiger partial charge < -0.3 is 10.2 Å². The summed E-state index contributed by atoms with van der Waals surface area (Å²) in [7, 11) is 0. The van der Waals surface area contributed by atoms with Crippen molar-refractivity contribution in [2.24, 2.45) is 0 Å². The van der Waals surface area contributed by atoms with Crippen molar-refractivity contribution in [3.63, 3.8) is 0 Å². The number of carbonyl (C=O) groups is 3. The molecule has 2 saturated carbocycles. The van der Waals surface area contributed by atoms with E-state index in [9.17, 15) is 14.4 Å². The van der Waals surface area contributed by atoms with Crippen LogP contribution in [0.1, 0.15) is 98.5 Å². The van der Waals surface area contributed by atoms with Gasteiger partial charge in [-0.1, -0.05) is 56.2 Å². The minimum absolute atomic E-state index is 0.121. The zero-order chi connectivity index (χ0) is 22.5. The fourth-order valence-electron chi connectivity index (χ4n) is 5.58. The van der Waals surface area contributed by atoms with Crippen LogP contribution in [0.4, 0.5) is 0 Å². The van der Waals surface area contributed by atoms with E-state index in [1.54, 1.807) is 11.0 Å². The maximum atomic E-state index is 12.3. The normalized spacial score (nSPS) is 24.6. The molecular weight excluding hydrogens is 402 g/mol. The number of carbonyl (C=O) groups excluding carboxylic acids is 3. The molecule has 32 heavy (non-hydrogen) atoms. The molecule has 6 nitrogen and oxygen atoms in total. The van der Waals surface area contributed by atoms with E-state index >= 15 is 0 Å². The van der Waals surface area contributed by atoms with Gasteiger partial charge in [0.25, 0.3) is 5.91 Å². The van der Waals surface area contributed by atoms with Crippen molar-refractivity contribution in [2.45, 2.75) is 109 Å². The Morgan fingerprint density at radius 2 is 1.50 bits per heavy atom. The predicted octanol–water partition coefficient (Wildman–Crippen LogP) is 4.00. The predicted molar refractivity (Wildman–Crippen MR) is 124 cm³/mol. The standard InChI is InChI=1S/C14H14N2O3.C12H23N/c1-8-2-3-10-9(6-8)7-16(14(10)19)11-4-5-12(17)15-13(11)18;1-3-7-11(8-4-1)13-12-9-5-2-6-10-12/h2-3,6,11H,4-5,7H2,1H3,(H,15,17,18);11-13H,1-10H2. The van der Waals surface area contributed by atoms with E-state index in [4.69, 9.17) is 0 Å². The average molecular weight is 440 g/mol. The number of rotatable bonds is 3. The Balaban J connectivity index is 0.000000165. The van der Waals surface area contributed by atoms with Gasteiger partial charge in [0.15, 0.2) is 0 Å². The van der Waals surface area contributed by atoms with Gasteiger partial charge in [-0.25, -0.2) is 0 Å². The molecule has 2 heterocycles. The van der Waals surface area contributed by atoms with E-state index in [0.29, 0.717) is 18.5 Å². The summed E-state index contributed by atoms with van der Waals surface area (Å²) < 4.78 is 0. The smallest absolute Gasteiger partial charge is 0.255 e. The second-order valence-electron chi connectivity index (χ2n) is 9.90. The summed E-state index contributed by atoms with van der Waals surface area (Å²) in [6.45, 7) is 2.42. The van der Waals surface area contributed by atoms with Gasteiger partial charge in [0.05, 0.1) is 0 Å². The van der Waals surface area contributed by atoms with E-state index in [-0.39, 0.29) is 24.1 Å². The van der Waals surface area contributed by atoms with Crippen molar-refractivity contribution in [3.05, 3.63) is 34.9 Å². The second-order valence-corrected chi connectivity index (χ2v) is 9.90. The summed E-state index contributed by atoms with van der Waals surface area (Å²) in [5.74, 6) is -0.750. The third kappa shape index (κ3) is 5.58. The first-order valence-electron chi connectivity index (χ1n) is 12.5. The molecule has 0 bridgehead atoms. The first-order valence-corrected chi connectivity index (χ1v) is 12.5. The van der Waals surface area contributed by atoms with Crippen LogP contribution < -0.4 is 10.6 Å². The number of fused-ring (bicyclic) bond motifs is 1. The van der Waals surface area contributed by atoms with Gasteiger partial charge in [0, 0.05) is 30.6 Å². The molecule has 4 aliphatic rings. The number of aryl methyl sites for hydroxylation is 1. The first kappa shape index (κ1) is 23.0. The van der Waals surface area contributed by atoms with Crippen molar-refractivity contribution in [1.29, 1.82) is 0 Å². The summed E-state index contributed by atoms with van der Waals surface area (Å²) in [5.41, 5.74) is 2.71. The third-order valence-electron chi connectivity index (χ3n) is 7.36. The molecule has 0 spiro atoms. The lowest BCUT2D eigenvalue weighted by molar-refractivity contribution is -0.136. The molecule has 2 aliphatic carbocycles. The molecule has 5 rings (SSSR count). The lowest BCUT2D eigenvalue weighted by Crippen LogP contribution is -2.52. The summed E-state index contributed by atoms with van der Waals surface area (Å²) in [6.07, 6.45) is 15.3. The topological polar surface area (TPSA) is 78.5 Å². The van der Waals surface area contributed by atoms with E-state index in [2.05, 4.69) is 10.6 Å². The van der Waals surface area contributed by atoms with Crippen LogP contribution in [-0.2, 0) is 16.1 Å². The summed E-state index contributed by atoms with van der Waals surface area (Å²) in [6, 6.07) is 6.88. The number of hydrogen-bond acceptors (Lipinski definition) is 4. The maximum Gasteiger partial charge on any atom is 0.255 e. The first-order chi connectivity index (χ1) is 15.5. The molecule has 1 unspecified atom stereocenters. The van der Waals surface area contributed by atoms with Crippen LogP contribution >= 0.6 is 0 Å². The van der Waals surface area contributed by atoms with Gasteiger partial charge in [0.2, 0.25) is 11.8 Å². The number of nitrogens with one attached hydrogen (secondary N) is 2. The maximum absolute atomic E-state index is 12.3. The van der Waals surface area contributed by atoms with Gasteiger partial charge >= 0.3 is 0 Å². The minimum Gasteiger partial charge on any atom is -0.322 e. The largest absolute Gasteiger partial charge is 0.322 e. The van der Waals surface area contributed by atoms with Crippen LogP contribution in [0.5, 0.6) is 0 Å². The number of benzene rings is 1. The summed E-state index contributed by atoms with van der Waals surface area (Å²) in [5, 5.41) is 6.15. The molecule has 1 saturated heterocycles. The van der Waals surface area contributed by atoms with Crippen molar-refractivity contribution >= 4 is 17.7 Å². The number of hydrogen-bond donors (Lipinski definition) is 2. The Morgan fingerprint density at radius 3 is 2.09 bits per heavy atom. The molecule has 6 heteroatoms. The molecular formula is C26H37N3O3. The number of amides is 3. The highest BCUT2D eigenvalue weighted by Gasteiger charge is 2.38. The summed E-state index contributed by atoms with van der Waals surface area (Å²) in [4.78, 5) is 36.8. The Labute approximate surface area is 191 Å². The van der Waals surface area contributed by atoms with Crippen LogP contribution in [0, 0.1) is 6.92 Å². The highest BCUT2D eigenvalue weighted by molar-refractivity contribution is 6.05. The molecule has 0 aromatic heterocycles. The minimum atomic E-state index is -0.530.